The number of esters is 2. The second kappa shape index (κ2) is 8.54. The van der Waals surface area contributed by atoms with E-state index in [1.165, 1.54) is 12.1 Å². The first kappa shape index (κ1) is 19.5. The number of rotatable bonds is 7. The number of ether oxygens (including phenoxy) is 2. The normalized spacial score (nSPS) is 10.2. The van der Waals surface area contributed by atoms with Gasteiger partial charge in [0.05, 0.1) is 31.9 Å². The molecule has 2 aromatic rings. The van der Waals surface area contributed by atoms with E-state index in [1.807, 2.05) is 0 Å². The van der Waals surface area contributed by atoms with E-state index in [1.54, 1.807) is 6.92 Å². The molecule has 1 heterocycles. The second-order valence-electron chi connectivity index (χ2n) is 4.85. The Hall–Kier alpha value is -2.78. The average Bonchev–Trinajstić information content (AvgIpc) is 3.05. The minimum absolute atomic E-state index is 0.0686. The zero-order chi connectivity index (χ0) is 19.3. The molecule has 0 atom stereocenters. The Bertz CT molecular complexity index is 877. The Labute approximate surface area is 156 Å². The molecule has 0 radical (unpaired) electrons. The minimum Gasteiger partial charge on any atom is -0.462 e. The van der Waals surface area contributed by atoms with E-state index in [4.69, 9.17) is 21.1 Å². The van der Waals surface area contributed by atoms with Crippen LogP contribution < -0.4 is 0 Å². The molecule has 1 aromatic heterocycles. The van der Waals surface area contributed by atoms with Crippen molar-refractivity contribution < 1.29 is 28.8 Å². The molecular formula is C16H12ClNO7S. The maximum Gasteiger partial charge on any atom is 0.338 e. The van der Waals surface area contributed by atoms with Gasteiger partial charge in [-0.3, -0.25) is 14.9 Å². The van der Waals surface area contributed by atoms with Gasteiger partial charge < -0.3 is 9.47 Å². The summed E-state index contributed by atoms with van der Waals surface area (Å²) in [4.78, 5) is 46.4. The number of nitrogens with zero attached hydrogens (tertiary/aromatic N) is 1. The molecule has 1 aromatic carbocycles. The quantitative estimate of drug-likeness (QED) is 0.304. The van der Waals surface area contributed by atoms with Gasteiger partial charge in [-0.15, -0.1) is 11.3 Å². The number of nitro groups is 1. The highest BCUT2D eigenvalue weighted by Crippen LogP contribution is 2.22. The van der Waals surface area contributed by atoms with Crippen LogP contribution in [0.1, 0.15) is 37.3 Å². The molecule has 0 saturated heterocycles. The summed E-state index contributed by atoms with van der Waals surface area (Å²) < 4.78 is 10.1. The third kappa shape index (κ3) is 4.87. The van der Waals surface area contributed by atoms with Crippen molar-refractivity contribution in [3.05, 3.63) is 60.8 Å². The lowest BCUT2D eigenvalue weighted by Gasteiger charge is -2.06. The van der Waals surface area contributed by atoms with E-state index >= 15 is 0 Å². The number of carbonyl (C=O) groups is 3. The van der Waals surface area contributed by atoms with Gasteiger partial charge in [-0.25, -0.2) is 9.59 Å². The molecule has 0 saturated carbocycles. The van der Waals surface area contributed by atoms with Crippen molar-refractivity contribution in [3.8, 4) is 0 Å². The number of thiophene rings is 1. The van der Waals surface area contributed by atoms with Crippen LogP contribution >= 0.6 is 22.9 Å². The summed E-state index contributed by atoms with van der Waals surface area (Å²) in [5, 5.41) is 11.0. The Morgan fingerprint density at radius 3 is 2.23 bits per heavy atom. The summed E-state index contributed by atoms with van der Waals surface area (Å²) in [5.74, 6) is -2.25. The number of ketones is 1. The van der Waals surface area contributed by atoms with Crippen LogP contribution in [0.5, 0.6) is 0 Å². The van der Waals surface area contributed by atoms with E-state index in [-0.39, 0.29) is 17.7 Å². The van der Waals surface area contributed by atoms with Gasteiger partial charge in [0.15, 0.2) is 6.61 Å². The smallest absolute Gasteiger partial charge is 0.338 e. The monoisotopic (exact) mass is 397 g/mol. The van der Waals surface area contributed by atoms with Gasteiger partial charge in [0.2, 0.25) is 5.78 Å². The number of halogens is 1. The molecule has 0 N–H and O–H groups in total. The summed E-state index contributed by atoms with van der Waals surface area (Å²) >= 11 is 6.77. The first-order valence-corrected chi connectivity index (χ1v) is 8.43. The van der Waals surface area contributed by atoms with E-state index in [2.05, 4.69) is 0 Å². The Balaban J connectivity index is 2.17. The first-order chi connectivity index (χ1) is 12.3. The molecule has 10 heteroatoms. The molecule has 136 valence electrons. The molecule has 26 heavy (non-hydrogen) atoms. The number of Topliss-reactive ketones (excluding diaryl/α,β-unsaturated/α-hetero) is 1. The Morgan fingerprint density at radius 2 is 1.73 bits per heavy atom. The number of hydrogen-bond donors (Lipinski definition) is 0. The van der Waals surface area contributed by atoms with Gasteiger partial charge in [-0.1, -0.05) is 11.6 Å². The molecule has 0 unspecified atom stereocenters. The van der Waals surface area contributed by atoms with Crippen molar-refractivity contribution in [1.82, 2.24) is 0 Å². The Morgan fingerprint density at radius 1 is 1.12 bits per heavy atom. The van der Waals surface area contributed by atoms with E-state index in [0.29, 0.717) is 9.21 Å². The first-order valence-electron chi connectivity index (χ1n) is 7.24. The SMILES string of the molecule is CCOC(=O)c1cc(C(=O)OCC(=O)c2ccc(Cl)s2)cc([N+](=O)[O-])c1. The number of hydrogen-bond acceptors (Lipinski definition) is 8. The van der Waals surface area contributed by atoms with Gasteiger partial charge >= 0.3 is 11.9 Å². The van der Waals surface area contributed by atoms with E-state index in [9.17, 15) is 24.5 Å². The third-order valence-electron chi connectivity index (χ3n) is 3.06. The van der Waals surface area contributed by atoms with Gasteiger partial charge in [-0.2, -0.15) is 0 Å². The van der Waals surface area contributed by atoms with Crippen LogP contribution in [0.15, 0.2) is 30.3 Å². The molecule has 0 aliphatic heterocycles. The fourth-order valence-corrected chi connectivity index (χ4v) is 2.88. The predicted molar refractivity (Wildman–Crippen MR) is 93.0 cm³/mol. The topological polar surface area (TPSA) is 113 Å². The average molecular weight is 398 g/mol. The molecule has 0 bridgehead atoms. The maximum absolute atomic E-state index is 12.1. The lowest BCUT2D eigenvalue weighted by molar-refractivity contribution is -0.384. The third-order valence-corrected chi connectivity index (χ3v) is 4.33. The van der Waals surface area contributed by atoms with Crippen LogP contribution in [0.2, 0.25) is 4.34 Å². The number of nitro benzene ring substituents is 1. The lowest BCUT2D eigenvalue weighted by Crippen LogP contribution is -2.14. The van der Waals surface area contributed by atoms with Crippen LogP contribution in [0.4, 0.5) is 5.69 Å². The van der Waals surface area contributed by atoms with Crippen molar-refractivity contribution >= 4 is 46.3 Å². The summed E-state index contributed by atoms with van der Waals surface area (Å²) in [6.45, 7) is 1.08. The van der Waals surface area contributed by atoms with Crippen LogP contribution in [0.3, 0.4) is 0 Å². The highest BCUT2D eigenvalue weighted by molar-refractivity contribution is 7.18. The zero-order valence-corrected chi connectivity index (χ0v) is 15.0. The number of non-ortho nitro benzene ring substituents is 1. The van der Waals surface area contributed by atoms with Crippen molar-refractivity contribution in [2.75, 3.05) is 13.2 Å². The zero-order valence-electron chi connectivity index (χ0n) is 13.4. The highest BCUT2D eigenvalue weighted by Gasteiger charge is 2.20. The predicted octanol–water partition coefficient (Wildman–Crippen LogP) is 3.53. The molecule has 0 aliphatic carbocycles. The molecule has 8 nitrogen and oxygen atoms in total. The summed E-state index contributed by atoms with van der Waals surface area (Å²) in [6, 6.07) is 6.09. The van der Waals surface area contributed by atoms with Crippen LogP contribution in [-0.2, 0) is 9.47 Å². The van der Waals surface area contributed by atoms with E-state index < -0.39 is 34.9 Å². The fraction of sp³-hybridized carbons (Fsp3) is 0.188. The van der Waals surface area contributed by atoms with Gasteiger partial charge in [-0.05, 0) is 25.1 Å². The van der Waals surface area contributed by atoms with Crippen LogP contribution in [0, 0.1) is 10.1 Å². The van der Waals surface area contributed by atoms with Gasteiger partial charge in [0.25, 0.3) is 5.69 Å². The molecule has 0 amide bonds. The van der Waals surface area contributed by atoms with Crippen molar-refractivity contribution in [2.45, 2.75) is 6.92 Å². The number of carbonyl (C=O) groups excluding carboxylic acids is 3. The second-order valence-corrected chi connectivity index (χ2v) is 6.56. The molecule has 2 rings (SSSR count). The summed E-state index contributed by atoms with van der Waals surface area (Å²) in [5.41, 5.74) is -0.873. The maximum atomic E-state index is 12.1. The molecule has 0 spiro atoms. The fourth-order valence-electron chi connectivity index (χ4n) is 1.92. The highest BCUT2D eigenvalue weighted by atomic mass is 35.5. The van der Waals surface area contributed by atoms with Crippen molar-refractivity contribution in [1.29, 1.82) is 0 Å². The van der Waals surface area contributed by atoms with Gasteiger partial charge in [0, 0.05) is 12.1 Å². The molecular weight excluding hydrogens is 386 g/mol. The standard InChI is InChI=1S/C16H12ClNO7S/c1-2-24-15(20)9-5-10(7-11(6-9)18(22)23)16(21)25-8-12(19)13-3-4-14(17)26-13/h3-7H,2,8H2,1H3. The molecule has 0 aliphatic rings. The van der Waals surface area contributed by atoms with Crippen molar-refractivity contribution in [2.24, 2.45) is 0 Å². The Kier molecular flexibility index (Phi) is 6.42. The summed E-state index contributed by atoms with van der Waals surface area (Å²) in [7, 11) is 0. The van der Waals surface area contributed by atoms with E-state index in [0.717, 1.165) is 29.5 Å². The number of benzene rings is 1. The summed E-state index contributed by atoms with van der Waals surface area (Å²) in [6.07, 6.45) is 0. The minimum atomic E-state index is -0.977. The van der Waals surface area contributed by atoms with Crippen molar-refractivity contribution in [3.63, 3.8) is 0 Å². The van der Waals surface area contributed by atoms with Gasteiger partial charge in [0.1, 0.15) is 0 Å². The lowest BCUT2D eigenvalue weighted by atomic mass is 10.1. The van der Waals surface area contributed by atoms with Crippen LogP contribution in [-0.4, -0.2) is 35.9 Å². The van der Waals surface area contributed by atoms with Crippen LogP contribution in [0.25, 0.3) is 0 Å². The largest absolute Gasteiger partial charge is 0.462 e. The molecule has 0 fully saturated rings.